The van der Waals surface area contributed by atoms with Crippen molar-refractivity contribution in [1.29, 1.82) is 0 Å². The van der Waals surface area contributed by atoms with E-state index in [9.17, 15) is 14.5 Å². The SMILES string of the molecule is O=C1[C@H](O)CCC[C@]1(NCOP(=O)(O)O)c1ccccc1Cl. The van der Waals surface area contributed by atoms with Gasteiger partial charge in [0.25, 0.3) is 0 Å². The zero-order valence-electron chi connectivity index (χ0n) is 11.6. The molecule has 9 heteroatoms. The molecular weight excluding hydrogens is 333 g/mol. The number of phosphoric acid groups is 1. The monoisotopic (exact) mass is 349 g/mol. The van der Waals surface area contributed by atoms with Crippen molar-refractivity contribution in [1.82, 2.24) is 5.32 Å². The summed E-state index contributed by atoms with van der Waals surface area (Å²) in [5, 5.41) is 12.9. The Kier molecular flexibility index (Phi) is 5.40. The Hall–Kier alpha value is -0.790. The average molecular weight is 350 g/mol. The second kappa shape index (κ2) is 6.76. The molecule has 0 aliphatic heterocycles. The summed E-state index contributed by atoms with van der Waals surface area (Å²) in [5.74, 6) is -0.485. The lowest BCUT2D eigenvalue weighted by Gasteiger charge is -2.39. The fourth-order valence-electron chi connectivity index (χ4n) is 2.68. The third kappa shape index (κ3) is 3.75. The number of benzene rings is 1. The molecule has 0 aromatic heterocycles. The van der Waals surface area contributed by atoms with Crippen molar-refractivity contribution in [3.8, 4) is 0 Å². The lowest BCUT2D eigenvalue weighted by Crippen LogP contribution is -2.56. The number of aliphatic hydroxyl groups excluding tert-OH is 1. The minimum absolute atomic E-state index is 0.327. The van der Waals surface area contributed by atoms with Crippen LogP contribution in [0.5, 0.6) is 0 Å². The minimum Gasteiger partial charge on any atom is -0.385 e. The first-order valence-electron chi connectivity index (χ1n) is 6.69. The molecule has 1 fully saturated rings. The van der Waals surface area contributed by atoms with Crippen molar-refractivity contribution in [2.24, 2.45) is 0 Å². The summed E-state index contributed by atoms with van der Waals surface area (Å²) >= 11 is 6.16. The number of hydrogen-bond donors (Lipinski definition) is 4. The molecule has 2 atom stereocenters. The van der Waals surface area contributed by atoms with Gasteiger partial charge < -0.3 is 14.9 Å². The molecule has 1 saturated carbocycles. The van der Waals surface area contributed by atoms with Gasteiger partial charge in [-0.05, 0) is 30.9 Å². The molecule has 0 saturated heterocycles. The van der Waals surface area contributed by atoms with Gasteiger partial charge in [-0.25, -0.2) is 4.57 Å². The highest BCUT2D eigenvalue weighted by Crippen LogP contribution is 2.40. The van der Waals surface area contributed by atoms with Gasteiger partial charge >= 0.3 is 7.82 Å². The maximum absolute atomic E-state index is 12.5. The summed E-state index contributed by atoms with van der Waals surface area (Å²) in [6.07, 6.45) is 0.0807. The lowest BCUT2D eigenvalue weighted by molar-refractivity contribution is -0.138. The fraction of sp³-hybridized carbons (Fsp3) is 0.462. The summed E-state index contributed by atoms with van der Waals surface area (Å²) in [5.41, 5.74) is -0.875. The van der Waals surface area contributed by atoms with E-state index in [4.69, 9.17) is 21.4 Å². The van der Waals surface area contributed by atoms with Crippen LogP contribution >= 0.6 is 19.4 Å². The summed E-state index contributed by atoms with van der Waals surface area (Å²) in [4.78, 5) is 30.1. The third-order valence-electron chi connectivity index (χ3n) is 3.69. The topological polar surface area (TPSA) is 116 Å². The van der Waals surface area contributed by atoms with Crippen molar-refractivity contribution in [3.05, 3.63) is 34.9 Å². The largest absolute Gasteiger partial charge is 0.470 e. The number of hydrogen-bond acceptors (Lipinski definition) is 5. The molecule has 1 aliphatic rings. The van der Waals surface area contributed by atoms with Crippen LogP contribution in [-0.4, -0.2) is 33.5 Å². The van der Waals surface area contributed by atoms with E-state index in [1.54, 1.807) is 24.3 Å². The van der Waals surface area contributed by atoms with E-state index in [1.807, 2.05) is 0 Å². The second-order valence-electron chi connectivity index (χ2n) is 5.10. The first-order valence-corrected chi connectivity index (χ1v) is 8.59. The van der Waals surface area contributed by atoms with Crippen molar-refractivity contribution in [2.75, 3.05) is 6.73 Å². The Labute approximate surface area is 132 Å². The normalized spacial score (nSPS) is 26.2. The summed E-state index contributed by atoms with van der Waals surface area (Å²) in [6, 6.07) is 6.65. The molecule has 122 valence electrons. The number of Topliss-reactive ketones (excluding diaryl/α,β-unsaturated/α-hetero) is 1. The Balaban J connectivity index is 2.35. The molecule has 1 aliphatic carbocycles. The van der Waals surface area contributed by atoms with Gasteiger partial charge in [0.05, 0.1) is 0 Å². The summed E-state index contributed by atoms with van der Waals surface area (Å²) in [6.45, 7) is -0.548. The smallest absolute Gasteiger partial charge is 0.385 e. The van der Waals surface area contributed by atoms with Crippen molar-refractivity contribution in [2.45, 2.75) is 30.9 Å². The Morgan fingerprint density at radius 3 is 2.73 bits per heavy atom. The number of ketones is 1. The van der Waals surface area contributed by atoms with E-state index in [0.717, 1.165) is 0 Å². The molecule has 0 spiro atoms. The molecule has 1 aromatic carbocycles. The van der Waals surface area contributed by atoms with Crippen LogP contribution < -0.4 is 5.32 Å². The Morgan fingerprint density at radius 2 is 2.09 bits per heavy atom. The van der Waals surface area contributed by atoms with Crippen LogP contribution in [0.4, 0.5) is 0 Å². The van der Waals surface area contributed by atoms with E-state index >= 15 is 0 Å². The Bertz CT molecular complexity index is 606. The van der Waals surface area contributed by atoms with E-state index in [0.29, 0.717) is 29.8 Å². The summed E-state index contributed by atoms with van der Waals surface area (Å²) < 4.78 is 15.2. The number of aliphatic hydroxyl groups is 1. The molecule has 4 N–H and O–H groups in total. The van der Waals surface area contributed by atoms with Gasteiger partial charge in [0.2, 0.25) is 0 Å². The Morgan fingerprint density at radius 1 is 1.41 bits per heavy atom. The molecule has 0 unspecified atom stereocenters. The van der Waals surface area contributed by atoms with Crippen molar-refractivity contribution in [3.63, 3.8) is 0 Å². The molecule has 0 amide bonds. The van der Waals surface area contributed by atoms with Crippen LogP contribution in [0.1, 0.15) is 24.8 Å². The third-order valence-corrected chi connectivity index (χ3v) is 4.49. The van der Waals surface area contributed by atoms with Crippen LogP contribution in [-0.2, 0) is 19.4 Å². The van der Waals surface area contributed by atoms with E-state index in [-0.39, 0.29) is 0 Å². The lowest BCUT2D eigenvalue weighted by atomic mass is 9.74. The highest BCUT2D eigenvalue weighted by Gasteiger charge is 2.46. The molecule has 0 bridgehead atoms. The van der Waals surface area contributed by atoms with Crippen LogP contribution in [0.25, 0.3) is 0 Å². The van der Waals surface area contributed by atoms with Crippen LogP contribution in [0, 0.1) is 0 Å². The van der Waals surface area contributed by atoms with Gasteiger partial charge in [-0.1, -0.05) is 29.8 Å². The number of nitrogens with one attached hydrogen (secondary N) is 1. The minimum atomic E-state index is -4.67. The van der Waals surface area contributed by atoms with E-state index < -0.39 is 32.0 Å². The molecule has 22 heavy (non-hydrogen) atoms. The fourth-order valence-corrected chi connectivity index (χ4v) is 3.21. The van der Waals surface area contributed by atoms with Crippen LogP contribution in [0.15, 0.2) is 24.3 Å². The molecule has 7 nitrogen and oxygen atoms in total. The van der Waals surface area contributed by atoms with Gasteiger partial charge in [-0.15, -0.1) is 0 Å². The van der Waals surface area contributed by atoms with Gasteiger partial charge in [0.15, 0.2) is 5.78 Å². The number of phosphoric ester groups is 1. The zero-order chi connectivity index (χ0) is 16.4. The molecule has 1 aromatic rings. The van der Waals surface area contributed by atoms with E-state index in [1.165, 1.54) is 0 Å². The highest BCUT2D eigenvalue weighted by molar-refractivity contribution is 7.46. The van der Waals surface area contributed by atoms with Gasteiger partial charge in [0.1, 0.15) is 18.4 Å². The molecule has 0 heterocycles. The quantitative estimate of drug-likeness (QED) is 0.467. The van der Waals surface area contributed by atoms with Crippen LogP contribution in [0.3, 0.4) is 0 Å². The highest BCUT2D eigenvalue weighted by atomic mass is 35.5. The number of carbonyl (C=O) groups is 1. The predicted octanol–water partition coefficient (Wildman–Crippen LogP) is 1.31. The molecule has 0 radical (unpaired) electrons. The molecular formula is C13H17ClNO6P. The maximum atomic E-state index is 12.5. The standard InChI is InChI=1S/C13H17ClNO6P/c14-10-5-2-1-4-9(10)13(15-8-21-22(18,19)20)7-3-6-11(16)12(13)17/h1-2,4-5,11,15-16H,3,6-8H2,(H2,18,19,20)/t11-,13+/m1/s1. The van der Waals surface area contributed by atoms with E-state index in [2.05, 4.69) is 9.84 Å². The van der Waals surface area contributed by atoms with Crippen LogP contribution in [0.2, 0.25) is 5.02 Å². The first kappa shape index (κ1) is 17.6. The number of halogens is 1. The first-order chi connectivity index (χ1) is 10.3. The average Bonchev–Trinajstić information content (AvgIpc) is 2.43. The number of carbonyl (C=O) groups excluding carboxylic acids is 1. The van der Waals surface area contributed by atoms with Gasteiger partial charge in [-0.3, -0.25) is 14.6 Å². The second-order valence-corrected chi connectivity index (χ2v) is 6.74. The summed E-state index contributed by atoms with van der Waals surface area (Å²) in [7, 11) is -4.67. The van der Waals surface area contributed by atoms with Gasteiger partial charge in [-0.2, -0.15) is 0 Å². The van der Waals surface area contributed by atoms with Gasteiger partial charge in [0, 0.05) is 5.02 Å². The predicted molar refractivity (Wildman–Crippen MR) is 79.1 cm³/mol. The van der Waals surface area contributed by atoms with Crippen molar-refractivity contribution >= 4 is 25.2 Å². The zero-order valence-corrected chi connectivity index (χ0v) is 13.3. The number of rotatable bonds is 5. The van der Waals surface area contributed by atoms with Crippen molar-refractivity contribution < 1.29 is 28.8 Å². The maximum Gasteiger partial charge on any atom is 0.470 e. The molecule has 2 rings (SSSR count).